The number of halogens is 2. The molecule has 0 aliphatic carbocycles. The van der Waals surface area contributed by atoms with Gasteiger partial charge in [-0.1, -0.05) is 29.3 Å². The number of piperidine rings is 1. The first-order chi connectivity index (χ1) is 13.9. The standard InChI is InChI=1S/C20H21Cl2N3O4/c1-24(11-17(26)23-18-15(21)3-2-4-16(18)22)19(27)13-5-8-25(9-6-13)20(28)14-7-10-29-12-14/h2-4,7,10,12-13H,5-6,8-9,11H2,1H3,(H,23,26). The minimum absolute atomic E-state index is 0.103. The number of carbonyl (C=O) groups excluding carboxylic acids is 3. The van der Waals surface area contributed by atoms with Crippen molar-refractivity contribution in [1.82, 2.24) is 9.80 Å². The number of carbonyl (C=O) groups is 3. The third-order valence-corrected chi connectivity index (χ3v) is 5.51. The van der Waals surface area contributed by atoms with Crippen LogP contribution in [0.25, 0.3) is 0 Å². The summed E-state index contributed by atoms with van der Waals surface area (Å²) in [7, 11) is 1.58. The molecule has 1 aromatic heterocycles. The van der Waals surface area contributed by atoms with Crippen LogP contribution in [0.15, 0.2) is 41.2 Å². The van der Waals surface area contributed by atoms with Crippen molar-refractivity contribution in [3.05, 3.63) is 52.4 Å². The quantitative estimate of drug-likeness (QED) is 0.775. The molecule has 0 spiro atoms. The molecule has 1 N–H and O–H groups in total. The molecule has 7 nitrogen and oxygen atoms in total. The SMILES string of the molecule is CN(CC(=O)Nc1c(Cl)cccc1Cl)C(=O)C1CCN(C(=O)c2ccoc2)CC1. The van der Waals surface area contributed by atoms with Gasteiger partial charge in [0.25, 0.3) is 5.91 Å². The molecule has 1 aliphatic rings. The molecule has 1 aromatic carbocycles. The van der Waals surface area contributed by atoms with E-state index in [9.17, 15) is 14.4 Å². The van der Waals surface area contributed by atoms with Crippen molar-refractivity contribution in [3.63, 3.8) is 0 Å². The molecule has 0 radical (unpaired) electrons. The monoisotopic (exact) mass is 437 g/mol. The molecule has 0 bridgehead atoms. The zero-order valence-electron chi connectivity index (χ0n) is 15.9. The summed E-state index contributed by atoms with van der Waals surface area (Å²) >= 11 is 12.1. The highest BCUT2D eigenvalue weighted by atomic mass is 35.5. The normalized spacial score (nSPS) is 14.5. The number of nitrogens with zero attached hydrogens (tertiary/aromatic N) is 2. The van der Waals surface area contributed by atoms with Crippen LogP contribution < -0.4 is 5.32 Å². The van der Waals surface area contributed by atoms with E-state index < -0.39 is 0 Å². The van der Waals surface area contributed by atoms with Gasteiger partial charge in [0, 0.05) is 26.1 Å². The Morgan fingerprint density at radius 3 is 2.41 bits per heavy atom. The van der Waals surface area contributed by atoms with Crippen LogP contribution in [0.1, 0.15) is 23.2 Å². The molecule has 9 heteroatoms. The van der Waals surface area contributed by atoms with E-state index in [-0.39, 0.29) is 30.2 Å². The Morgan fingerprint density at radius 2 is 1.83 bits per heavy atom. The molecule has 154 valence electrons. The van der Waals surface area contributed by atoms with Gasteiger partial charge in [-0.05, 0) is 31.0 Å². The molecule has 3 rings (SSSR count). The summed E-state index contributed by atoms with van der Waals surface area (Å²) in [4.78, 5) is 40.4. The van der Waals surface area contributed by atoms with Gasteiger partial charge in [0.2, 0.25) is 11.8 Å². The largest absolute Gasteiger partial charge is 0.472 e. The third kappa shape index (κ3) is 5.10. The van der Waals surface area contributed by atoms with Gasteiger partial charge in [-0.25, -0.2) is 0 Å². The fourth-order valence-corrected chi connectivity index (χ4v) is 3.79. The van der Waals surface area contributed by atoms with Crippen LogP contribution in [0.2, 0.25) is 10.0 Å². The lowest BCUT2D eigenvalue weighted by molar-refractivity contribution is -0.138. The van der Waals surface area contributed by atoms with E-state index in [1.807, 2.05) is 0 Å². The molecular formula is C20H21Cl2N3O4. The highest BCUT2D eigenvalue weighted by Crippen LogP contribution is 2.29. The molecule has 2 aromatic rings. The van der Waals surface area contributed by atoms with Crippen LogP contribution in [0.3, 0.4) is 0 Å². The van der Waals surface area contributed by atoms with Crippen LogP contribution in [0, 0.1) is 5.92 Å². The number of nitrogens with one attached hydrogen (secondary N) is 1. The lowest BCUT2D eigenvalue weighted by atomic mass is 9.95. The summed E-state index contributed by atoms with van der Waals surface area (Å²) in [6.45, 7) is 0.847. The summed E-state index contributed by atoms with van der Waals surface area (Å²) in [5.74, 6) is -0.844. The number of para-hydroxylation sites is 1. The molecule has 0 saturated carbocycles. The van der Waals surface area contributed by atoms with E-state index in [1.54, 1.807) is 36.2 Å². The maximum Gasteiger partial charge on any atom is 0.257 e. The van der Waals surface area contributed by atoms with Crippen molar-refractivity contribution in [2.45, 2.75) is 12.8 Å². The summed E-state index contributed by atoms with van der Waals surface area (Å²) in [5.41, 5.74) is 0.828. The Hall–Kier alpha value is -2.51. The zero-order chi connectivity index (χ0) is 21.0. The molecule has 29 heavy (non-hydrogen) atoms. The van der Waals surface area contributed by atoms with Gasteiger partial charge in [0.1, 0.15) is 6.26 Å². The first kappa shape index (κ1) is 21.2. The number of amides is 3. The van der Waals surface area contributed by atoms with Crippen molar-refractivity contribution in [2.75, 3.05) is 32.0 Å². The average Bonchev–Trinajstić information content (AvgIpc) is 3.24. The predicted molar refractivity (Wildman–Crippen MR) is 110 cm³/mol. The van der Waals surface area contributed by atoms with E-state index in [1.165, 1.54) is 17.4 Å². The number of furan rings is 1. The van der Waals surface area contributed by atoms with Crippen molar-refractivity contribution in [3.8, 4) is 0 Å². The summed E-state index contributed by atoms with van der Waals surface area (Å²) in [6, 6.07) is 6.55. The Labute approximate surface area is 178 Å². The minimum atomic E-state index is -0.386. The fourth-order valence-electron chi connectivity index (χ4n) is 3.30. The second kappa shape index (κ2) is 9.33. The molecule has 3 amide bonds. The molecule has 1 fully saturated rings. The van der Waals surface area contributed by atoms with Crippen LogP contribution in [0.4, 0.5) is 5.69 Å². The van der Waals surface area contributed by atoms with Gasteiger partial charge in [0.05, 0.1) is 34.1 Å². The van der Waals surface area contributed by atoms with Crippen LogP contribution in [-0.2, 0) is 9.59 Å². The minimum Gasteiger partial charge on any atom is -0.472 e. The van der Waals surface area contributed by atoms with E-state index in [0.29, 0.717) is 47.2 Å². The Bertz CT molecular complexity index is 873. The van der Waals surface area contributed by atoms with Crippen molar-refractivity contribution < 1.29 is 18.8 Å². The van der Waals surface area contributed by atoms with Crippen LogP contribution in [-0.4, -0.2) is 54.2 Å². The average molecular weight is 438 g/mol. The summed E-state index contributed by atoms with van der Waals surface area (Å²) in [5, 5.41) is 3.30. The highest BCUT2D eigenvalue weighted by Gasteiger charge is 2.30. The highest BCUT2D eigenvalue weighted by molar-refractivity contribution is 6.39. The number of benzene rings is 1. The smallest absolute Gasteiger partial charge is 0.257 e. The Balaban J connectivity index is 1.50. The van der Waals surface area contributed by atoms with Gasteiger partial charge < -0.3 is 19.5 Å². The molecule has 1 saturated heterocycles. The number of anilines is 1. The maximum atomic E-state index is 12.7. The van der Waals surface area contributed by atoms with Crippen molar-refractivity contribution in [2.24, 2.45) is 5.92 Å². The van der Waals surface area contributed by atoms with Gasteiger partial charge in [-0.3, -0.25) is 14.4 Å². The number of likely N-dealkylation sites (N-methyl/N-ethyl adjacent to an activating group) is 1. The summed E-state index contributed by atoms with van der Waals surface area (Å²) < 4.78 is 4.95. The zero-order valence-corrected chi connectivity index (χ0v) is 17.4. The summed E-state index contributed by atoms with van der Waals surface area (Å²) in [6.07, 6.45) is 3.96. The second-order valence-electron chi connectivity index (χ2n) is 6.92. The number of likely N-dealkylation sites (tertiary alicyclic amines) is 1. The van der Waals surface area contributed by atoms with Crippen LogP contribution in [0.5, 0.6) is 0 Å². The predicted octanol–water partition coefficient (Wildman–Crippen LogP) is 3.54. The van der Waals surface area contributed by atoms with E-state index in [0.717, 1.165) is 0 Å². The molecular weight excluding hydrogens is 417 g/mol. The molecule has 0 unspecified atom stereocenters. The number of hydrogen-bond acceptors (Lipinski definition) is 4. The lowest BCUT2D eigenvalue weighted by Gasteiger charge is -2.33. The lowest BCUT2D eigenvalue weighted by Crippen LogP contribution is -2.45. The van der Waals surface area contributed by atoms with Gasteiger partial charge in [0.15, 0.2) is 0 Å². The van der Waals surface area contributed by atoms with Gasteiger partial charge in [-0.2, -0.15) is 0 Å². The number of hydrogen-bond donors (Lipinski definition) is 1. The van der Waals surface area contributed by atoms with Crippen molar-refractivity contribution in [1.29, 1.82) is 0 Å². The van der Waals surface area contributed by atoms with E-state index in [2.05, 4.69) is 5.32 Å². The first-order valence-corrected chi connectivity index (χ1v) is 9.92. The first-order valence-electron chi connectivity index (χ1n) is 9.17. The molecule has 0 atom stereocenters. The topological polar surface area (TPSA) is 82.9 Å². The molecule has 2 heterocycles. The maximum absolute atomic E-state index is 12.7. The Kier molecular flexibility index (Phi) is 6.82. The van der Waals surface area contributed by atoms with Crippen LogP contribution >= 0.6 is 23.2 Å². The van der Waals surface area contributed by atoms with Gasteiger partial charge in [-0.15, -0.1) is 0 Å². The van der Waals surface area contributed by atoms with E-state index >= 15 is 0 Å². The molecule has 1 aliphatic heterocycles. The third-order valence-electron chi connectivity index (χ3n) is 4.88. The number of rotatable bonds is 5. The fraction of sp³-hybridized carbons (Fsp3) is 0.350. The Morgan fingerprint density at radius 1 is 1.17 bits per heavy atom. The second-order valence-corrected chi connectivity index (χ2v) is 7.73. The van der Waals surface area contributed by atoms with Crippen molar-refractivity contribution >= 4 is 46.6 Å². The van der Waals surface area contributed by atoms with E-state index in [4.69, 9.17) is 27.6 Å². The van der Waals surface area contributed by atoms with Gasteiger partial charge >= 0.3 is 0 Å².